The monoisotopic (exact) mass is 515 g/mol. The predicted octanol–water partition coefficient (Wildman–Crippen LogP) is 4.66. The first kappa shape index (κ1) is 23.7. The maximum atomic E-state index is 14.0. The van der Waals surface area contributed by atoms with Crippen LogP contribution in [-0.2, 0) is 5.75 Å². The second-order valence-corrected chi connectivity index (χ2v) is 11.7. The number of rotatable bonds is 0. The van der Waals surface area contributed by atoms with E-state index in [0.717, 1.165) is 33.1 Å². The average Bonchev–Trinajstić information content (AvgIpc) is 3.04. The summed E-state index contributed by atoms with van der Waals surface area (Å²) in [6.07, 6.45) is 5.56. The first-order chi connectivity index (χ1) is 17.8. The van der Waals surface area contributed by atoms with Crippen LogP contribution in [0.5, 0.6) is 11.5 Å². The molecule has 2 aromatic carbocycles. The van der Waals surface area contributed by atoms with Crippen molar-refractivity contribution in [2.24, 2.45) is 5.41 Å². The van der Waals surface area contributed by atoms with E-state index in [4.69, 9.17) is 4.74 Å². The van der Waals surface area contributed by atoms with Crippen molar-refractivity contribution in [3.63, 3.8) is 0 Å². The molecule has 0 saturated heterocycles. The molecular formula is C29H29N3O4S. The van der Waals surface area contributed by atoms with Crippen LogP contribution in [0.4, 0.5) is 0 Å². The fraction of sp³-hybridized carbons (Fsp3) is 0.310. The predicted molar refractivity (Wildman–Crippen MR) is 144 cm³/mol. The zero-order valence-corrected chi connectivity index (χ0v) is 21.9. The van der Waals surface area contributed by atoms with E-state index < -0.39 is 11.2 Å². The van der Waals surface area contributed by atoms with Gasteiger partial charge in [0.2, 0.25) is 5.43 Å². The Labute approximate surface area is 219 Å². The number of hydrogen-bond donors (Lipinski definition) is 1. The number of aromatic hydroxyl groups is 1. The Kier molecular flexibility index (Phi) is 5.60. The molecule has 3 aromatic rings. The van der Waals surface area contributed by atoms with Crippen molar-refractivity contribution < 1.29 is 14.6 Å². The van der Waals surface area contributed by atoms with Gasteiger partial charge in [0.15, 0.2) is 11.4 Å². The van der Waals surface area contributed by atoms with Crippen molar-refractivity contribution in [1.29, 1.82) is 0 Å². The SMILES string of the molecule is CC(C)(C)[C@@H]1/C=C/COc2cccc3c2[C@H](c2ccccc2SC3)N2CN1C(=O)c1c(O)c(=O)ccn12. The van der Waals surface area contributed by atoms with Crippen LogP contribution < -0.4 is 15.2 Å². The van der Waals surface area contributed by atoms with Crippen molar-refractivity contribution in [2.75, 3.05) is 18.3 Å². The van der Waals surface area contributed by atoms with Gasteiger partial charge in [0.1, 0.15) is 25.1 Å². The summed E-state index contributed by atoms with van der Waals surface area (Å²) in [5.41, 5.74) is 2.36. The molecule has 0 fully saturated rings. The minimum Gasteiger partial charge on any atom is -0.502 e. The number of amides is 1. The largest absolute Gasteiger partial charge is 0.502 e. The summed E-state index contributed by atoms with van der Waals surface area (Å²) >= 11 is 1.77. The number of carbonyl (C=O) groups excluding carboxylic acids is 1. The Balaban J connectivity index is 1.69. The van der Waals surface area contributed by atoms with Gasteiger partial charge in [-0.2, -0.15) is 0 Å². The van der Waals surface area contributed by atoms with Crippen LogP contribution in [0.3, 0.4) is 0 Å². The molecule has 0 radical (unpaired) electrons. The molecule has 8 heteroatoms. The van der Waals surface area contributed by atoms with E-state index in [-0.39, 0.29) is 35.8 Å². The first-order valence-corrected chi connectivity index (χ1v) is 13.4. The number of fused-ring (bicyclic) bond motifs is 7. The van der Waals surface area contributed by atoms with Gasteiger partial charge in [0, 0.05) is 28.5 Å². The summed E-state index contributed by atoms with van der Waals surface area (Å²) in [5, 5.41) is 13.0. The summed E-state index contributed by atoms with van der Waals surface area (Å²) in [6.45, 7) is 6.87. The molecule has 4 heterocycles. The Morgan fingerprint density at radius 1 is 1.05 bits per heavy atom. The number of carbonyl (C=O) groups is 1. The van der Waals surface area contributed by atoms with Crippen molar-refractivity contribution >= 4 is 17.7 Å². The van der Waals surface area contributed by atoms with Gasteiger partial charge in [0.05, 0.1) is 6.04 Å². The van der Waals surface area contributed by atoms with Crippen molar-refractivity contribution in [3.8, 4) is 11.5 Å². The minimum absolute atomic E-state index is 0.0185. The molecule has 3 aliphatic rings. The number of thioether (sulfide) groups is 1. The van der Waals surface area contributed by atoms with E-state index in [2.05, 4.69) is 44.0 Å². The molecule has 0 aliphatic carbocycles. The van der Waals surface area contributed by atoms with E-state index in [0.29, 0.717) is 6.61 Å². The molecule has 6 rings (SSSR count). The number of ether oxygens (including phenoxy) is 1. The zero-order chi connectivity index (χ0) is 25.9. The molecule has 1 N–H and O–H groups in total. The van der Waals surface area contributed by atoms with Gasteiger partial charge in [-0.25, -0.2) is 0 Å². The molecule has 3 aliphatic heterocycles. The topological polar surface area (TPSA) is 75.0 Å². The highest BCUT2D eigenvalue weighted by molar-refractivity contribution is 7.98. The van der Waals surface area contributed by atoms with Gasteiger partial charge in [-0.1, -0.05) is 57.2 Å². The van der Waals surface area contributed by atoms with Crippen molar-refractivity contribution in [1.82, 2.24) is 9.58 Å². The van der Waals surface area contributed by atoms with Crippen LogP contribution in [-0.4, -0.2) is 39.9 Å². The van der Waals surface area contributed by atoms with Crippen molar-refractivity contribution in [2.45, 2.75) is 43.5 Å². The van der Waals surface area contributed by atoms with Gasteiger partial charge in [-0.15, -0.1) is 11.8 Å². The van der Waals surface area contributed by atoms with Crippen molar-refractivity contribution in [3.05, 3.63) is 99.5 Å². The quantitative estimate of drug-likeness (QED) is 0.439. The lowest BCUT2D eigenvalue weighted by Gasteiger charge is -2.48. The van der Waals surface area contributed by atoms with Gasteiger partial charge >= 0.3 is 0 Å². The highest BCUT2D eigenvalue weighted by Crippen LogP contribution is 2.46. The molecule has 1 amide bonds. The normalized spacial score (nSPS) is 21.5. The highest BCUT2D eigenvalue weighted by atomic mass is 32.2. The molecule has 190 valence electrons. The van der Waals surface area contributed by atoms with E-state index in [9.17, 15) is 14.7 Å². The molecule has 0 saturated carbocycles. The van der Waals surface area contributed by atoms with Gasteiger partial charge in [0.25, 0.3) is 5.91 Å². The van der Waals surface area contributed by atoms with Gasteiger partial charge in [-0.05, 0) is 34.8 Å². The Bertz CT molecular complexity index is 1490. The molecular weight excluding hydrogens is 486 g/mol. The fourth-order valence-corrected chi connectivity index (χ4v) is 6.65. The zero-order valence-electron chi connectivity index (χ0n) is 21.0. The van der Waals surface area contributed by atoms with E-state index in [1.807, 2.05) is 36.4 Å². The molecule has 1 aromatic heterocycles. The molecule has 37 heavy (non-hydrogen) atoms. The third kappa shape index (κ3) is 3.82. The lowest BCUT2D eigenvalue weighted by atomic mass is 9.85. The smallest absolute Gasteiger partial charge is 0.278 e. The third-order valence-corrected chi connectivity index (χ3v) is 8.43. The van der Waals surface area contributed by atoms with E-state index in [1.54, 1.807) is 27.5 Å². The van der Waals surface area contributed by atoms with Crippen LogP contribution in [0.25, 0.3) is 0 Å². The Morgan fingerprint density at radius 2 is 1.86 bits per heavy atom. The standard InChI is InChI=1S/C29H29N3O4S/c1-29(2,3)23-12-7-15-36-21-10-6-8-18-16-37-22-11-5-4-9-19(22)25(24(18)21)32-17-30(23)28(35)26-27(34)20(33)13-14-31(26)32/h4-14,23,25,34H,15-17H2,1-3H3/b12-7+/t23-,25-/m0/s1. The van der Waals surface area contributed by atoms with Crippen LogP contribution in [0.2, 0.25) is 0 Å². The summed E-state index contributed by atoms with van der Waals surface area (Å²) in [6, 6.07) is 15.1. The molecule has 2 atom stereocenters. The van der Waals surface area contributed by atoms with Crippen LogP contribution >= 0.6 is 11.8 Å². The second kappa shape index (κ2) is 8.73. The summed E-state index contributed by atoms with van der Waals surface area (Å²) in [5.74, 6) is 0.656. The summed E-state index contributed by atoms with van der Waals surface area (Å²) in [7, 11) is 0. The number of nitrogens with zero attached hydrogens (tertiary/aromatic N) is 3. The van der Waals surface area contributed by atoms with Gasteiger partial charge < -0.3 is 14.7 Å². The minimum atomic E-state index is -0.574. The Morgan fingerprint density at radius 3 is 2.68 bits per heavy atom. The number of aromatic nitrogens is 1. The van der Waals surface area contributed by atoms with Crippen LogP contribution in [0.15, 0.2) is 76.6 Å². The Hall–Kier alpha value is -3.65. The van der Waals surface area contributed by atoms with Gasteiger partial charge in [-0.3, -0.25) is 19.3 Å². The lowest BCUT2D eigenvalue weighted by molar-refractivity contribution is 0.0505. The molecule has 0 spiro atoms. The molecule has 2 bridgehead atoms. The third-order valence-electron chi connectivity index (χ3n) is 7.29. The van der Waals surface area contributed by atoms with Crippen LogP contribution in [0, 0.1) is 5.41 Å². The highest BCUT2D eigenvalue weighted by Gasteiger charge is 2.43. The number of benzene rings is 2. The lowest BCUT2D eigenvalue weighted by Crippen LogP contribution is -2.60. The second-order valence-electron chi connectivity index (χ2n) is 10.7. The molecule has 7 nitrogen and oxygen atoms in total. The fourth-order valence-electron chi connectivity index (χ4n) is 5.57. The first-order valence-electron chi connectivity index (χ1n) is 12.4. The van der Waals surface area contributed by atoms with E-state index in [1.165, 1.54) is 6.07 Å². The summed E-state index contributed by atoms with van der Waals surface area (Å²) < 4.78 is 8.03. The van der Waals surface area contributed by atoms with E-state index >= 15 is 0 Å². The van der Waals surface area contributed by atoms with Crippen LogP contribution in [0.1, 0.15) is 54.0 Å². The number of pyridine rings is 1. The maximum Gasteiger partial charge on any atom is 0.278 e. The average molecular weight is 516 g/mol. The molecule has 0 unspecified atom stereocenters. The maximum absolute atomic E-state index is 14.0. The summed E-state index contributed by atoms with van der Waals surface area (Å²) in [4.78, 5) is 29.4. The number of hydrogen-bond acceptors (Lipinski definition) is 6.